The van der Waals surface area contributed by atoms with Gasteiger partial charge in [-0.2, -0.15) is 5.10 Å². The minimum absolute atomic E-state index is 0.143. The average molecular weight is 184 g/mol. The molecule has 13 heavy (non-hydrogen) atoms. The lowest BCUT2D eigenvalue weighted by Gasteiger charge is -2.02. The maximum Gasteiger partial charge on any atom is 0.343 e. The highest BCUT2D eigenvalue weighted by Gasteiger charge is 2.20. The van der Waals surface area contributed by atoms with Gasteiger partial charge in [0.1, 0.15) is 5.56 Å². The summed E-state index contributed by atoms with van der Waals surface area (Å²) in [4.78, 5) is 10.8. The van der Waals surface area contributed by atoms with Gasteiger partial charge in [-0.25, -0.2) is 9.48 Å². The molecule has 0 aliphatic rings. The van der Waals surface area contributed by atoms with Gasteiger partial charge in [0.15, 0.2) is 0 Å². The van der Waals surface area contributed by atoms with E-state index >= 15 is 0 Å². The van der Waals surface area contributed by atoms with Gasteiger partial charge in [-0.3, -0.25) is 0 Å². The quantitative estimate of drug-likeness (QED) is 0.758. The third-order valence-electron chi connectivity index (χ3n) is 1.79. The summed E-state index contributed by atoms with van der Waals surface area (Å²) < 4.78 is 6.50. The van der Waals surface area contributed by atoms with Crippen LogP contribution in [0.1, 0.15) is 23.0 Å². The van der Waals surface area contributed by atoms with Crippen molar-refractivity contribution >= 4 is 5.97 Å². The number of carboxylic acids is 1. The number of methoxy groups -OCH3 is 1. The lowest BCUT2D eigenvalue weighted by Crippen LogP contribution is -2.03. The van der Waals surface area contributed by atoms with Gasteiger partial charge < -0.3 is 9.84 Å². The molecular formula is C8H12N2O3. The molecule has 5 nitrogen and oxygen atoms in total. The van der Waals surface area contributed by atoms with E-state index in [1.54, 1.807) is 6.92 Å². The SMILES string of the molecule is CCn1nc(C)c(C(=O)O)c1OC. The molecule has 0 radical (unpaired) electrons. The van der Waals surface area contributed by atoms with Crippen molar-refractivity contribution in [3.05, 3.63) is 11.3 Å². The summed E-state index contributed by atoms with van der Waals surface area (Å²) in [5.41, 5.74) is 0.621. The fourth-order valence-electron chi connectivity index (χ4n) is 1.23. The van der Waals surface area contributed by atoms with Crippen molar-refractivity contribution < 1.29 is 14.6 Å². The zero-order valence-electron chi connectivity index (χ0n) is 7.87. The van der Waals surface area contributed by atoms with Crippen LogP contribution in [0, 0.1) is 6.92 Å². The van der Waals surface area contributed by atoms with E-state index in [0.717, 1.165) is 0 Å². The summed E-state index contributed by atoms with van der Waals surface area (Å²) in [5.74, 6) is -0.693. The zero-order chi connectivity index (χ0) is 10.0. The molecule has 1 N–H and O–H groups in total. The summed E-state index contributed by atoms with van der Waals surface area (Å²) in [7, 11) is 1.44. The molecule has 0 saturated carbocycles. The first-order valence-electron chi connectivity index (χ1n) is 3.96. The molecule has 0 amide bonds. The first-order valence-corrected chi connectivity index (χ1v) is 3.96. The Bertz CT molecular complexity index is 330. The number of nitrogens with zero attached hydrogens (tertiary/aromatic N) is 2. The van der Waals surface area contributed by atoms with Gasteiger partial charge in [0.25, 0.3) is 0 Å². The molecule has 1 aromatic heterocycles. The highest BCUT2D eigenvalue weighted by Crippen LogP contribution is 2.21. The number of carboxylic acid groups (broad SMARTS) is 1. The molecule has 1 heterocycles. The van der Waals surface area contributed by atoms with Crippen molar-refractivity contribution in [2.75, 3.05) is 7.11 Å². The minimum Gasteiger partial charge on any atom is -0.481 e. The highest BCUT2D eigenvalue weighted by atomic mass is 16.5. The van der Waals surface area contributed by atoms with Gasteiger partial charge in [0, 0.05) is 6.54 Å². The number of rotatable bonds is 3. The largest absolute Gasteiger partial charge is 0.481 e. The van der Waals surface area contributed by atoms with Crippen LogP contribution in [0.3, 0.4) is 0 Å². The van der Waals surface area contributed by atoms with Crippen LogP contribution in [0.5, 0.6) is 5.88 Å². The molecule has 0 bridgehead atoms. The Kier molecular flexibility index (Phi) is 2.55. The van der Waals surface area contributed by atoms with Crippen molar-refractivity contribution in [3.8, 4) is 5.88 Å². The predicted molar refractivity (Wildman–Crippen MR) is 46.1 cm³/mol. The smallest absolute Gasteiger partial charge is 0.343 e. The lowest BCUT2D eigenvalue weighted by atomic mass is 10.2. The maximum absolute atomic E-state index is 10.8. The van der Waals surface area contributed by atoms with Gasteiger partial charge in [0.05, 0.1) is 12.8 Å². The summed E-state index contributed by atoms with van der Waals surface area (Å²) in [6.45, 7) is 4.12. The standard InChI is InChI=1S/C8H12N2O3/c1-4-10-7(13-3)6(8(11)12)5(2)9-10/h4H2,1-3H3,(H,11,12). The van der Waals surface area contributed by atoms with Crippen LogP contribution in [0.15, 0.2) is 0 Å². The van der Waals surface area contributed by atoms with Crippen LogP contribution in [-0.4, -0.2) is 28.0 Å². The second-order valence-electron chi connectivity index (χ2n) is 2.59. The Morgan fingerprint density at radius 2 is 2.31 bits per heavy atom. The molecule has 0 atom stereocenters. The summed E-state index contributed by atoms with van der Waals surface area (Å²) in [6.07, 6.45) is 0. The van der Waals surface area contributed by atoms with Crippen molar-refractivity contribution in [2.45, 2.75) is 20.4 Å². The van der Waals surface area contributed by atoms with Crippen LogP contribution in [0.2, 0.25) is 0 Å². The Hall–Kier alpha value is -1.52. The van der Waals surface area contributed by atoms with Crippen LogP contribution in [-0.2, 0) is 6.54 Å². The number of aryl methyl sites for hydroxylation is 2. The first-order chi connectivity index (χ1) is 6.11. The number of carbonyl (C=O) groups is 1. The number of aromatic carboxylic acids is 1. The van der Waals surface area contributed by atoms with E-state index in [0.29, 0.717) is 18.1 Å². The van der Waals surface area contributed by atoms with Crippen LogP contribution in [0.25, 0.3) is 0 Å². The molecule has 0 aromatic carbocycles. The topological polar surface area (TPSA) is 64.4 Å². The second kappa shape index (κ2) is 3.47. The van der Waals surface area contributed by atoms with Crippen molar-refractivity contribution in [1.29, 1.82) is 0 Å². The normalized spacial score (nSPS) is 10.1. The van der Waals surface area contributed by atoms with E-state index in [-0.39, 0.29) is 5.56 Å². The Morgan fingerprint density at radius 1 is 1.69 bits per heavy atom. The molecular weight excluding hydrogens is 172 g/mol. The van der Waals surface area contributed by atoms with E-state index in [1.807, 2.05) is 6.92 Å². The number of aromatic nitrogens is 2. The fraction of sp³-hybridized carbons (Fsp3) is 0.500. The van der Waals surface area contributed by atoms with Crippen molar-refractivity contribution in [2.24, 2.45) is 0 Å². The second-order valence-corrected chi connectivity index (χ2v) is 2.59. The Morgan fingerprint density at radius 3 is 2.69 bits per heavy atom. The van der Waals surface area contributed by atoms with Crippen LogP contribution in [0.4, 0.5) is 0 Å². The molecule has 1 aromatic rings. The van der Waals surface area contributed by atoms with E-state index < -0.39 is 5.97 Å². The molecule has 5 heteroatoms. The van der Waals surface area contributed by atoms with Gasteiger partial charge in [0.2, 0.25) is 5.88 Å². The van der Waals surface area contributed by atoms with Crippen LogP contribution >= 0.6 is 0 Å². The fourth-order valence-corrected chi connectivity index (χ4v) is 1.23. The predicted octanol–water partition coefficient (Wildman–Crippen LogP) is 0.918. The van der Waals surface area contributed by atoms with Gasteiger partial charge >= 0.3 is 5.97 Å². The molecule has 72 valence electrons. The van der Waals surface area contributed by atoms with Crippen LogP contribution < -0.4 is 4.74 Å². The molecule has 0 aliphatic heterocycles. The molecule has 0 aliphatic carbocycles. The Labute approximate surface area is 75.9 Å². The van der Waals surface area contributed by atoms with Gasteiger partial charge in [-0.15, -0.1) is 0 Å². The maximum atomic E-state index is 10.8. The van der Waals surface area contributed by atoms with Crippen molar-refractivity contribution in [3.63, 3.8) is 0 Å². The molecule has 1 rings (SSSR count). The third kappa shape index (κ3) is 1.49. The number of hydrogen-bond acceptors (Lipinski definition) is 3. The van der Waals surface area contributed by atoms with E-state index in [4.69, 9.17) is 9.84 Å². The molecule has 0 fully saturated rings. The van der Waals surface area contributed by atoms with E-state index in [2.05, 4.69) is 5.10 Å². The Balaban J connectivity index is 3.31. The highest BCUT2D eigenvalue weighted by molar-refractivity contribution is 5.91. The van der Waals surface area contributed by atoms with E-state index in [1.165, 1.54) is 11.8 Å². The number of hydrogen-bond donors (Lipinski definition) is 1. The average Bonchev–Trinajstić information content (AvgIpc) is 2.41. The zero-order valence-corrected chi connectivity index (χ0v) is 7.87. The lowest BCUT2D eigenvalue weighted by molar-refractivity contribution is 0.0692. The first kappa shape index (κ1) is 9.57. The summed E-state index contributed by atoms with van der Waals surface area (Å²) >= 11 is 0. The molecule has 0 saturated heterocycles. The van der Waals surface area contributed by atoms with Crippen molar-refractivity contribution in [1.82, 2.24) is 9.78 Å². The summed E-state index contributed by atoms with van der Waals surface area (Å²) in [6, 6.07) is 0. The van der Waals surface area contributed by atoms with Gasteiger partial charge in [-0.1, -0.05) is 0 Å². The monoisotopic (exact) mass is 184 g/mol. The summed E-state index contributed by atoms with van der Waals surface area (Å²) in [5, 5.41) is 12.9. The number of ether oxygens (including phenoxy) is 1. The molecule has 0 unspecified atom stereocenters. The van der Waals surface area contributed by atoms with E-state index in [9.17, 15) is 4.79 Å². The third-order valence-corrected chi connectivity index (χ3v) is 1.79. The minimum atomic E-state index is -1.01. The molecule has 0 spiro atoms. The van der Waals surface area contributed by atoms with Gasteiger partial charge in [-0.05, 0) is 13.8 Å².